The second-order valence-corrected chi connectivity index (χ2v) is 4.84. The van der Waals surface area contributed by atoms with E-state index in [2.05, 4.69) is 38.8 Å². The third kappa shape index (κ3) is 1.86. The van der Waals surface area contributed by atoms with Crippen molar-refractivity contribution in [2.24, 2.45) is 0 Å². The lowest BCUT2D eigenvalue weighted by Gasteiger charge is -1.98. The number of rotatable bonds is 4. The number of nitrogens with zero attached hydrogens (tertiary/aromatic N) is 3. The van der Waals surface area contributed by atoms with E-state index in [1.54, 1.807) is 11.3 Å². The fourth-order valence-electron chi connectivity index (χ4n) is 1.85. The Balaban J connectivity index is 1.99. The van der Waals surface area contributed by atoms with Crippen LogP contribution in [0.4, 0.5) is 0 Å². The topological polar surface area (TPSA) is 46.5 Å². The first kappa shape index (κ1) is 10.5. The number of aromatic amines is 1. The normalized spacial score (nSPS) is 11.4. The summed E-state index contributed by atoms with van der Waals surface area (Å²) in [6.45, 7) is 3.12. The van der Waals surface area contributed by atoms with Crippen LogP contribution in [0.2, 0.25) is 0 Å². The lowest BCUT2D eigenvalue weighted by Crippen LogP contribution is -1.99. The Morgan fingerprint density at radius 3 is 3.18 bits per heavy atom. The minimum Gasteiger partial charge on any atom is -0.335 e. The molecule has 0 bridgehead atoms. The van der Waals surface area contributed by atoms with Crippen molar-refractivity contribution in [3.05, 3.63) is 23.0 Å². The second kappa shape index (κ2) is 4.33. The van der Waals surface area contributed by atoms with Crippen LogP contribution in [-0.2, 0) is 6.54 Å². The van der Waals surface area contributed by atoms with Gasteiger partial charge in [-0.25, -0.2) is 9.67 Å². The third-order valence-corrected chi connectivity index (χ3v) is 3.48. The zero-order valence-corrected chi connectivity index (χ0v) is 10.5. The lowest BCUT2D eigenvalue weighted by molar-refractivity contribution is 0.584. The number of aryl methyl sites for hydroxylation is 1. The SMILES string of the molecule is CCCCn1ncc2[nH]c(-c3ccsc3)nc21. The molecule has 0 aliphatic carbocycles. The van der Waals surface area contributed by atoms with Gasteiger partial charge in [-0.3, -0.25) is 0 Å². The summed E-state index contributed by atoms with van der Waals surface area (Å²) < 4.78 is 1.98. The summed E-state index contributed by atoms with van der Waals surface area (Å²) in [6.07, 6.45) is 4.16. The maximum Gasteiger partial charge on any atom is 0.176 e. The average molecular weight is 246 g/mol. The molecule has 3 aromatic heterocycles. The summed E-state index contributed by atoms with van der Waals surface area (Å²) in [6, 6.07) is 2.08. The van der Waals surface area contributed by atoms with E-state index in [0.29, 0.717) is 0 Å². The summed E-state index contributed by atoms with van der Waals surface area (Å²) in [5.74, 6) is 0.934. The molecule has 0 amide bonds. The summed E-state index contributed by atoms with van der Waals surface area (Å²) in [7, 11) is 0. The molecule has 0 aromatic carbocycles. The number of H-pyrrole nitrogens is 1. The van der Waals surface area contributed by atoms with Gasteiger partial charge in [0.05, 0.1) is 6.20 Å². The van der Waals surface area contributed by atoms with Crippen LogP contribution in [0.1, 0.15) is 19.8 Å². The number of thiophene rings is 1. The monoisotopic (exact) mass is 246 g/mol. The average Bonchev–Trinajstić information content (AvgIpc) is 3.02. The van der Waals surface area contributed by atoms with Crippen LogP contribution >= 0.6 is 11.3 Å². The molecule has 88 valence electrons. The molecule has 0 spiro atoms. The highest BCUT2D eigenvalue weighted by atomic mass is 32.1. The molecule has 3 aromatic rings. The Morgan fingerprint density at radius 2 is 2.41 bits per heavy atom. The van der Waals surface area contributed by atoms with Crippen molar-refractivity contribution in [1.82, 2.24) is 19.7 Å². The van der Waals surface area contributed by atoms with Crippen LogP contribution in [0.3, 0.4) is 0 Å². The van der Waals surface area contributed by atoms with E-state index in [-0.39, 0.29) is 0 Å². The van der Waals surface area contributed by atoms with Crippen molar-refractivity contribution in [2.75, 3.05) is 0 Å². The van der Waals surface area contributed by atoms with Crippen LogP contribution in [-0.4, -0.2) is 19.7 Å². The van der Waals surface area contributed by atoms with E-state index < -0.39 is 0 Å². The van der Waals surface area contributed by atoms with E-state index in [1.165, 1.54) is 6.42 Å². The Labute approximate surface area is 103 Å². The quantitative estimate of drug-likeness (QED) is 0.767. The van der Waals surface area contributed by atoms with E-state index >= 15 is 0 Å². The van der Waals surface area contributed by atoms with Gasteiger partial charge in [-0.1, -0.05) is 13.3 Å². The van der Waals surface area contributed by atoms with E-state index in [1.807, 2.05) is 10.9 Å². The predicted molar refractivity (Wildman–Crippen MR) is 70.1 cm³/mol. The predicted octanol–water partition coefficient (Wildman–Crippen LogP) is 3.29. The van der Waals surface area contributed by atoms with E-state index in [4.69, 9.17) is 0 Å². The van der Waals surface area contributed by atoms with E-state index in [0.717, 1.165) is 35.5 Å². The van der Waals surface area contributed by atoms with Crippen molar-refractivity contribution < 1.29 is 0 Å². The molecule has 0 saturated carbocycles. The first-order valence-electron chi connectivity index (χ1n) is 5.82. The van der Waals surface area contributed by atoms with Gasteiger partial charge in [-0.2, -0.15) is 16.4 Å². The first-order valence-corrected chi connectivity index (χ1v) is 6.77. The molecular weight excluding hydrogens is 232 g/mol. The molecule has 0 unspecified atom stereocenters. The molecule has 5 heteroatoms. The molecule has 0 atom stereocenters. The number of aromatic nitrogens is 4. The standard InChI is InChI=1S/C12H14N4S/c1-2-3-5-16-12-10(7-13-16)14-11(15-12)9-4-6-17-8-9/h4,6-8H,2-3,5H2,1H3,(H,14,15). The summed E-state index contributed by atoms with van der Waals surface area (Å²) in [4.78, 5) is 7.93. The highest BCUT2D eigenvalue weighted by molar-refractivity contribution is 7.08. The minimum atomic E-state index is 0.934. The van der Waals surface area contributed by atoms with Gasteiger partial charge in [0.1, 0.15) is 11.3 Å². The third-order valence-electron chi connectivity index (χ3n) is 2.80. The summed E-state index contributed by atoms with van der Waals surface area (Å²) in [5, 5.41) is 8.50. The lowest BCUT2D eigenvalue weighted by atomic mass is 10.3. The van der Waals surface area contributed by atoms with Gasteiger partial charge < -0.3 is 4.98 Å². The van der Waals surface area contributed by atoms with Crippen LogP contribution in [0.5, 0.6) is 0 Å². The Bertz CT molecular complexity index is 606. The van der Waals surface area contributed by atoms with Crippen LogP contribution in [0, 0.1) is 0 Å². The smallest absolute Gasteiger partial charge is 0.176 e. The fourth-order valence-corrected chi connectivity index (χ4v) is 2.49. The van der Waals surface area contributed by atoms with Gasteiger partial charge in [0.2, 0.25) is 0 Å². The second-order valence-electron chi connectivity index (χ2n) is 4.06. The molecule has 0 fully saturated rings. The molecule has 4 nitrogen and oxygen atoms in total. The zero-order chi connectivity index (χ0) is 11.7. The molecular formula is C12H14N4S. The largest absolute Gasteiger partial charge is 0.335 e. The van der Waals surface area contributed by atoms with Gasteiger partial charge in [0, 0.05) is 17.5 Å². The summed E-state index contributed by atoms with van der Waals surface area (Å²) >= 11 is 1.68. The van der Waals surface area contributed by atoms with Gasteiger partial charge in [-0.15, -0.1) is 0 Å². The van der Waals surface area contributed by atoms with Crippen molar-refractivity contribution >= 4 is 22.5 Å². The van der Waals surface area contributed by atoms with Gasteiger partial charge in [0.15, 0.2) is 5.65 Å². The molecule has 3 heterocycles. The summed E-state index contributed by atoms with van der Waals surface area (Å²) in [5.41, 5.74) is 3.12. The molecule has 17 heavy (non-hydrogen) atoms. The maximum atomic E-state index is 4.62. The zero-order valence-electron chi connectivity index (χ0n) is 9.68. The number of imidazole rings is 1. The maximum absolute atomic E-state index is 4.62. The first-order chi connectivity index (χ1) is 8.38. The van der Waals surface area contributed by atoms with Crippen LogP contribution in [0.15, 0.2) is 23.0 Å². The molecule has 1 N–H and O–H groups in total. The number of hydrogen-bond acceptors (Lipinski definition) is 3. The van der Waals surface area contributed by atoms with E-state index in [9.17, 15) is 0 Å². The molecule has 0 radical (unpaired) electrons. The highest BCUT2D eigenvalue weighted by Gasteiger charge is 2.10. The molecule has 0 aliphatic rings. The Morgan fingerprint density at radius 1 is 1.47 bits per heavy atom. The van der Waals surface area contributed by atoms with Gasteiger partial charge in [-0.05, 0) is 17.9 Å². The van der Waals surface area contributed by atoms with Crippen LogP contribution < -0.4 is 0 Å². The molecule has 0 aliphatic heterocycles. The fraction of sp³-hybridized carbons (Fsp3) is 0.333. The molecule has 3 rings (SSSR count). The van der Waals surface area contributed by atoms with Crippen molar-refractivity contribution in [3.8, 4) is 11.4 Å². The van der Waals surface area contributed by atoms with Gasteiger partial charge in [0.25, 0.3) is 0 Å². The number of fused-ring (bicyclic) bond motifs is 1. The minimum absolute atomic E-state index is 0.934. The van der Waals surface area contributed by atoms with Crippen LogP contribution in [0.25, 0.3) is 22.6 Å². The highest BCUT2D eigenvalue weighted by Crippen LogP contribution is 2.22. The van der Waals surface area contributed by atoms with Crippen molar-refractivity contribution in [1.29, 1.82) is 0 Å². The van der Waals surface area contributed by atoms with Crippen molar-refractivity contribution in [2.45, 2.75) is 26.3 Å². The molecule has 0 saturated heterocycles. The Kier molecular flexibility index (Phi) is 2.68. The van der Waals surface area contributed by atoms with Crippen molar-refractivity contribution in [3.63, 3.8) is 0 Å². The number of hydrogen-bond donors (Lipinski definition) is 1. The van der Waals surface area contributed by atoms with Gasteiger partial charge >= 0.3 is 0 Å². The number of unbranched alkanes of at least 4 members (excludes halogenated alkanes) is 1. The number of nitrogens with one attached hydrogen (secondary N) is 1. The Hall–Kier alpha value is -1.62.